The van der Waals surface area contributed by atoms with Gasteiger partial charge in [-0.05, 0) is 83.7 Å². The number of rotatable bonds is 7. The van der Waals surface area contributed by atoms with Crippen molar-refractivity contribution < 1.29 is 14.3 Å². The van der Waals surface area contributed by atoms with Crippen LogP contribution >= 0.6 is 27.5 Å². The van der Waals surface area contributed by atoms with Crippen LogP contribution in [0.5, 0.6) is 11.5 Å². The summed E-state index contributed by atoms with van der Waals surface area (Å²) < 4.78 is 12.2. The van der Waals surface area contributed by atoms with Gasteiger partial charge in [0.25, 0.3) is 5.91 Å². The van der Waals surface area contributed by atoms with Gasteiger partial charge in [0, 0.05) is 10.7 Å². The van der Waals surface area contributed by atoms with Crippen molar-refractivity contribution in [3.63, 3.8) is 0 Å². The second kappa shape index (κ2) is 11.2. The molecule has 0 heterocycles. The summed E-state index contributed by atoms with van der Waals surface area (Å²) in [7, 11) is 1.54. The first-order chi connectivity index (χ1) is 16.2. The third-order valence-electron chi connectivity index (χ3n) is 5.02. The number of carbonyl (C=O) groups is 1. The number of nitrogens with zero attached hydrogens (tertiary/aromatic N) is 1. The van der Waals surface area contributed by atoms with Crippen molar-refractivity contribution in [2.45, 2.75) is 27.4 Å². The van der Waals surface area contributed by atoms with E-state index in [4.69, 9.17) is 21.1 Å². The van der Waals surface area contributed by atoms with E-state index in [0.29, 0.717) is 38.9 Å². The van der Waals surface area contributed by atoms with Gasteiger partial charge in [-0.3, -0.25) is 4.79 Å². The molecule has 1 N–H and O–H groups in total. The normalized spacial score (nSPS) is 11.0. The van der Waals surface area contributed by atoms with Gasteiger partial charge >= 0.3 is 0 Å². The molecule has 0 unspecified atom stereocenters. The number of hydrogen-bond donors (Lipinski definition) is 1. The van der Waals surface area contributed by atoms with Crippen LogP contribution in [0.15, 0.2) is 58.6 Å². The highest BCUT2D eigenvalue weighted by molar-refractivity contribution is 9.10. The van der Waals surface area contributed by atoms with Crippen LogP contribution in [-0.2, 0) is 11.4 Å². The lowest BCUT2D eigenvalue weighted by Gasteiger charge is -2.14. The number of benzene rings is 3. The van der Waals surface area contributed by atoms with Crippen molar-refractivity contribution in [2.75, 3.05) is 12.4 Å². The molecule has 0 spiro atoms. The number of aryl methyl sites for hydroxylation is 3. The molecule has 3 rings (SSSR count). The molecule has 0 aliphatic carbocycles. The minimum absolute atomic E-state index is 0.0606. The molecule has 0 saturated carbocycles. The third kappa shape index (κ3) is 6.40. The first-order valence-corrected chi connectivity index (χ1v) is 11.6. The topological polar surface area (TPSA) is 71.3 Å². The fourth-order valence-corrected chi connectivity index (χ4v) is 4.21. The molecule has 174 valence electrons. The highest BCUT2D eigenvalue weighted by Crippen LogP contribution is 2.38. The van der Waals surface area contributed by atoms with Crippen LogP contribution < -0.4 is 14.8 Å². The lowest BCUT2D eigenvalue weighted by atomic mass is 10.1. The van der Waals surface area contributed by atoms with E-state index in [0.717, 1.165) is 11.1 Å². The van der Waals surface area contributed by atoms with Gasteiger partial charge in [0.2, 0.25) is 0 Å². The fourth-order valence-electron chi connectivity index (χ4n) is 3.46. The molecule has 0 fully saturated rings. The van der Waals surface area contributed by atoms with Crippen LogP contribution in [0.25, 0.3) is 6.08 Å². The molecule has 1 amide bonds. The molecule has 0 radical (unpaired) electrons. The van der Waals surface area contributed by atoms with Crippen LogP contribution in [0.2, 0.25) is 5.02 Å². The number of carbonyl (C=O) groups excluding carboxylic acids is 1. The van der Waals surface area contributed by atoms with E-state index in [1.165, 1.54) is 24.3 Å². The monoisotopic (exact) mass is 538 g/mol. The molecule has 7 heteroatoms. The SMILES string of the molecule is COc1cc(/C=C(\C#N)C(=O)Nc2ccc(C)c(Cl)c2)cc(Br)c1OCc1cc(C)cc(C)c1. The molecule has 0 saturated heterocycles. The van der Waals surface area contributed by atoms with Gasteiger partial charge in [0.15, 0.2) is 11.5 Å². The molecule has 3 aromatic rings. The number of methoxy groups -OCH3 is 1. The van der Waals surface area contributed by atoms with E-state index in [1.807, 2.05) is 26.8 Å². The van der Waals surface area contributed by atoms with E-state index in [2.05, 4.69) is 39.4 Å². The van der Waals surface area contributed by atoms with Gasteiger partial charge in [0.05, 0.1) is 11.6 Å². The van der Waals surface area contributed by atoms with Crippen molar-refractivity contribution in [3.8, 4) is 17.6 Å². The Hall–Kier alpha value is -3.27. The lowest BCUT2D eigenvalue weighted by Crippen LogP contribution is -2.13. The zero-order chi connectivity index (χ0) is 24.8. The number of nitriles is 1. The average Bonchev–Trinajstić information content (AvgIpc) is 2.78. The molecular formula is C27H24BrClN2O3. The Bertz CT molecular complexity index is 1290. The van der Waals surface area contributed by atoms with Crippen LogP contribution in [0.4, 0.5) is 5.69 Å². The standard InChI is InChI=1S/C27H24BrClN2O3/c1-16-7-17(2)9-20(8-16)15-34-26-23(28)11-19(12-25(26)33-4)10-21(14-30)27(32)31-22-6-5-18(3)24(29)13-22/h5-13H,15H2,1-4H3,(H,31,32)/b21-10+. The maximum absolute atomic E-state index is 12.7. The summed E-state index contributed by atoms with van der Waals surface area (Å²) in [4.78, 5) is 12.7. The first kappa shape index (κ1) is 25.4. The fraction of sp³-hybridized carbons (Fsp3) is 0.185. The van der Waals surface area contributed by atoms with Gasteiger partial charge in [0.1, 0.15) is 18.2 Å². The highest BCUT2D eigenvalue weighted by atomic mass is 79.9. The van der Waals surface area contributed by atoms with Gasteiger partial charge in [-0.15, -0.1) is 0 Å². The number of amides is 1. The van der Waals surface area contributed by atoms with Gasteiger partial charge < -0.3 is 14.8 Å². The van der Waals surface area contributed by atoms with E-state index in [-0.39, 0.29) is 5.57 Å². The summed E-state index contributed by atoms with van der Waals surface area (Å²) in [5.41, 5.74) is 5.34. The first-order valence-electron chi connectivity index (χ1n) is 10.5. The van der Waals surface area contributed by atoms with Crippen molar-refractivity contribution in [3.05, 3.63) is 91.4 Å². The molecule has 34 heavy (non-hydrogen) atoms. The number of halogens is 2. The van der Waals surface area contributed by atoms with Crippen LogP contribution in [-0.4, -0.2) is 13.0 Å². The summed E-state index contributed by atoms with van der Waals surface area (Å²) in [6.45, 7) is 6.34. The van der Waals surface area contributed by atoms with Crippen LogP contribution in [0.3, 0.4) is 0 Å². The predicted octanol–water partition coefficient (Wildman–Crippen LogP) is 7.16. The zero-order valence-corrected chi connectivity index (χ0v) is 21.7. The Morgan fingerprint density at radius 1 is 1.12 bits per heavy atom. The highest BCUT2D eigenvalue weighted by Gasteiger charge is 2.15. The molecule has 0 aliphatic rings. The smallest absolute Gasteiger partial charge is 0.266 e. The Kier molecular flexibility index (Phi) is 8.38. The number of nitrogens with one attached hydrogen (secondary N) is 1. The summed E-state index contributed by atoms with van der Waals surface area (Å²) in [5, 5.41) is 12.8. The summed E-state index contributed by atoms with van der Waals surface area (Å²) in [5.74, 6) is 0.483. The van der Waals surface area contributed by atoms with E-state index >= 15 is 0 Å². The van der Waals surface area contributed by atoms with Gasteiger partial charge in [-0.2, -0.15) is 5.26 Å². The third-order valence-corrected chi connectivity index (χ3v) is 6.02. The second-order valence-electron chi connectivity index (χ2n) is 7.91. The van der Waals surface area contributed by atoms with Crippen molar-refractivity contribution >= 4 is 45.2 Å². The van der Waals surface area contributed by atoms with Gasteiger partial charge in [-0.1, -0.05) is 47.0 Å². The Morgan fingerprint density at radius 2 is 1.82 bits per heavy atom. The van der Waals surface area contributed by atoms with E-state index < -0.39 is 5.91 Å². The predicted molar refractivity (Wildman–Crippen MR) is 139 cm³/mol. The summed E-state index contributed by atoms with van der Waals surface area (Å²) in [6.07, 6.45) is 1.49. The molecule has 0 atom stereocenters. The summed E-state index contributed by atoms with van der Waals surface area (Å²) >= 11 is 9.65. The minimum atomic E-state index is -0.535. The number of ether oxygens (including phenoxy) is 2. The quantitative estimate of drug-likeness (QED) is 0.255. The van der Waals surface area contributed by atoms with E-state index in [9.17, 15) is 10.1 Å². The molecule has 3 aromatic carbocycles. The Balaban J connectivity index is 1.82. The number of anilines is 1. The number of hydrogen-bond acceptors (Lipinski definition) is 4. The Labute approximate surface area is 213 Å². The lowest BCUT2D eigenvalue weighted by molar-refractivity contribution is -0.112. The van der Waals surface area contributed by atoms with Gasteiger partial charge in [-0.25, -0.2) is 0 Å². The molecule has 0 aliphatic heterocycles. The second-order valence-corrected chi connectivity index (χ2v) is 9.17. The minimum Gasteiger partial charge on any atom is -0.493 e. The molecule has 0 aromatic heterocycles. The van der Waals surface area contributed by atoms with Crippen molar-refractivity contribution in [2.24, 2.45) is 0 Å². The van der Waals surface area contributed by atoms with Crippen LogP contribution in [0, 0.1) is 32.1 Å². The summed E-state index contributed by atoms with van der Waals surface area (Å²) in [6, 6.07) is 16.9. The molecule has 5 nitrogen and oxygen atoms in total. The molecule has 0 bridgehead atoms. The maximum atomic E-state index is 12.7. The largest absolute Gasteiger partial charge is 0.493 e. The van der Waals surface area contributed by atoms with Crippen molar-refractivity contribution in [1.29, 1.82) is 5.26 Å². The molecular weight excluding hydrogens is 516 g/mol. The zero-order valence-electron chi connectivity index (χ0n) is 19.3. The average molecular weight is 540 g/mol. The maximum Gasteiger partial charge on any atom is 0.266 e. The Morgan fingerprint density at radius 3 is 2.44 bits per heavy atom. The van der Waals surface area contributed by atoms with Crippen molar-refractivity contribution in [1.82, 2.24) is 0 Å². The van der Waals surface area contributed by atoms with E-state index in [1.54, 1.807) is 30.3 Å². The van der Waals surface area contributed by atoms with Crippen LogP contribution in [0.1, 0.15) is 27.8 Å².